The van der Waals surface area contributed by atoms with Gasteiger partial charge in [-0.15, -0.1) is 0 Å². The van der Waals surface area contributed by atoms with Gasteiger partial charge >= 0.3 is 0 Å². The number of benzene rings is 2. The Hall–Kier alpha value is -1.12. The summed E-state index contributed by atoms with van der Waals surface area (Å²) in [7, 11) is 0. The summed E-state index contributed by atoms with van der Waals surface area (Å²) in [5.74, 6) is 2.13. The molecule has 0 aromatic heterocycles. The molecule has 2 aromatic rings. The zero-order chi connectivity index (χ0) is 13.5. The van der Waals surface area contributed by atoms with Crippen molar-refractivity contribution in [1.82, 2.24) is 0 Å². The number of hydrogen-bond acceptors (Lipinski definition) is 2. The predicted octanol–water partition coefficient (Wildman–Crippen LogP) is 4.99. The molecule has 0 radical (unpaired) electrons. The summed E-state index contributed by atoms with van der Waals surface area (Å²) in [5.41, 5.74) is 3.82. The number of rotatable bonds is 6. The quantitative estimate of drug-likeness (QED) is 0.752. The van der Waals surface area contributed by atoms with Crippen molar-refractivity contribution in [3.05, 3.63) is 64.7 Å². The Labute approximate surface area is 124 Å². The van der Waals surface area contributed by atoms with Crippen LogP contribution in [0.25, 0.3) is 0 Å². The molecule has 100 valence electrons. The van der Waals surface area contributed by atoms with Gasteiger partial charge in [0.2, 0.25) is 0 Å². The number of nitrogens with one attached hydrogen (secondary N) is 1. The molecule has 0 saturated carbocycles. The van der Waals surface area contributed by atoms with E-state index in [-0.39, 0.29) is 0 Å². The van der Waals surface area contributed by atoms with E-state index < -0.39 is 0 Å². The number of hydrogen-bond donors (Lipinski definition) is 1. The van der Waals surface area contributed by atoms with Crippen LogP contribution in [0.4, 0.5) is 5.69 Å². The molecule has 2 rings (SSSR count). The Balaban J connectivity index is 1.66. The van der Waals surface area contributed by atoms with E-state index in [4.69, 9.17) is 11.6 Å². The molecule has 0 amide bonds. The Morgan fingerprint density at radius 2 is 1.89 bits per heavy atom. The van der Waals surface area contributed by atoms with E-state index in [0.29, 0.717) is 0 Å². The first-order chi connectivity index (χ1) is 9.24. The first kappa shape index (κ1) is 14.3. The lowest BCUT2D eigenvalue weighted by molar-refractivity contribution is 1.22. The van der Waals surface area contributed by atoms with Gasteiger partial charge in [0.1, 0.15) is 0 Å². The molecular weight excluding hydrogens is 274 g/mol. The van der Waals surface area contributed by atoms with Crippen LogP contribution < -0.4 is 5.32 Å². The summed E-state index contributed by atoms with van der Waals surface area (Å²) in [4.78, 5) is 0. The zero-order valence-electron chi connectivity index (χ0n) is 11.0. The third-order valence-corrected chi connectivity index (χ3v) is 4.06. The van der Waals surface area contributed by atoms with Gasteiger partial charge in [-0.1, -0.05) is 35.9 Å². The van der Waals surface area contributed by atoms with Crippen molar-refractivity contribution in [3.8, 4) is 0 Å². The minimum atomic E-state index is 0.801. The molecule has 19 heavy (non-hydrogen) atoms. The highest BCUT2D eigenvalue weighted by atomic mass is 35.5. The van der Waals surface area contributed by atoms with Crippen molar-refractivity contribution in [1.29, 1.82) is 0 Å². The van der Waals surface area contributed by atoms with Crippen LogP contribution in [-0.2, 0) is 5.75 Å². The monoisotopic (exact) mass is 291 g/mol. The van der Waals surface area contributed by atoms with Crippen molar-refractivity contribution < 1.29 is 0 Å². The zero-order valence-corrected chi connectivity index (χ0v) is 12.6. The van der Waals surface area contributed by atoms with Gasteiger partial charge < -0.3 is 5.32 Å². The molecule has 2 aromatic carbocycles. The number of anilines is 1. The van der Waals surface area contributed by atoms with Crippen LogP contribution in [0.15, 0.2) is 48.5 Å². The molecule has 0 heterocycles. The van der Waals surface area contributed by atoms with Crippen LogP contribution >= 0.6 is 23.4 Å². The van der Waals surface area contributed by atoms with Crippen molar-refractivity contribution in [2.75, 3.05) is 17.6 Å². The fraction of sp³-hybridized carbons (Fsp3) is 0.250. The molecule has 0 aliphatic carbocycles. The van der Waals surface area contributed by atoms with Crippen molar-refractivity contribution in [3.63, 3.8) is 0 Å². The second-order valence-electron chi connectivity index (χ2n) is 4.48. The topological polar surface area (TPSA) is 12.0 Å². The molecule has 0 aliphatic heterocycles. The average molecular weight is 292 g/mol. The van der Waals surface area contributed by atoms with Crippen LogP contribution in [0, 0.1) is 6.92 Å². The minimum absolute atomic E-state index is 0.801. The maximum absolute atomic E-state index is 5.86. The number of halogens is 1. The first-order valence-electron chi connectivity index (χ1n) is 6.37. The third kappa shape index (κ3) is 5.17. The van der Waals surface area contributed by atoms with Crippen LogP contribution in [0.3, 0.4) is 0 Å². The Morgan fingerprint density at radius 1 is 1.11 bits per heavy atom. The van der Waals surface area contributed by atoms with Crippen LogP contribution in [-0.4, -0.2) is 12.3 Å². The molecule has 0 atom stereocenters. The van der Waals surface area contributed by atoms with Crippen LogP contribution in [0.1, 0.15) is 11.1 Å². The molecule has 0 aliphatic rings. The second-order valence-corrected chi connectivity index (χ2v) is 6.02. The van der Waals surface area contributed by atoms with Crippen molar-refractivity contribution >= 4 is 29.1 Å². The highest BCUT2D eigenvalue weighted by Gasteiger charge is 1.95. The number of aryl methyl sites for hydroxylation is 1. The van der Waals surface area contributed by atoms with E-state index in [1.165, 1.54) is 16.8 Å². The summed E-state index contributed by atoms with van der Waals surface area (Å²) >= 11 is 7.79. The maximum Gasteiger partial charge on any atom is 0.0406 e. The van der Waals surface area contributed by atoms with Gasteiger partial charge in [0, 0.05) is 28.8 Å². The normalized spacial score (nSPS) is 10.4. The van der Waals surface area contributed by atoms with Gasteiger partial charge in [0.05, 0.1) is 0 Å². The Morgan fingerprint density at radius 3 is 2.63 bits per heavy atom. The van der Waals surface area contributed by atoms with E-state index in [0.717, 1.165) is 23.1 Å². The predicted molar refractivity (Wildman–Crippen MR) is 87.3 cm³/mol. The molecule has 1 N–H and O–H groups in total. The third-order valence-electron chi connectivity index (χ3n) is 2.78. The molecule has 3 heteroatoms. The average Bonchev–Trinajstić information content (AvgIpc) is 2.41. The smallest absolute Gasteiger partial charge is 0.0406 e. The van der Waals surface area contributed by atoms with Gasteiger partial charge in [-0.2, -0.15) is 11.8 Å². The van der Waals surface area contributed by atoms with E-state index in [2.05, 4.69) is 48.6 Å². The van der Waals surface area contributed by atoms with Crippen LogP contribution in [0.5, 0.6) is 0 Å². The van der Waals surface area contributed by atoms with Crippen molar-refractivity contribution in [2.45, 2.75) is 12.7 Å². The fourth-order valence-electron chi connectivity index (χ4n) is 1.79. The van der Waals surface area contributed by atoms with Gasteiger partial charge in [0.15, 0.2) is 0 Å². The van der Waals surface area contributed by atoms with Gasteiger partial charge in [0.25, 0.3) is 0 Å². The molecule has 0 bridgehead atoms. The summed E-state index contributed by atoms with van der Waals surface area (Å²) in [6.45, 7) is 3.10. The lowest BCUT2D eigenvalue weighted by Gasteiger charge is -2.07. The van der Waals surface area contributed by atoms with Crippen LogP contribution in [0.2, 0.25) is 5.02 Å². The SMILES string of the molecule is Cc1cccc(NCCSCc2ccc(Cl)cc2)c1. The second kappa shape index (κ2) is 7.46. The van der Waals surface area contributed by atoms with E-state index in [1.807, 2.05) is 23.9 Å². The van der Waals surface area contributed by atoms with E-state index in [1.54, 1.807) is 0 Å². The fourth-order valence-corrected chi connectivity index (χ4v) is 2.74. The standard InChI is InChI=1S/C16H18ClNS/c1-13-3-2-4-16(11-13)18-9-10-19-12-14-5-7-15(17)8-6-14/h2-8,11,18H,9-10,12H2,1H3. The van der Waals surface area contributed by atoms with Crippen molar-refractivity contribution in [2.24, 2.45) is 0 Å². The molecule has 0 fully saturated rings. The maximum atomic E-state index is 5.86. The minimum Gasteiger partial charge on any atom is -0.384 e. The van der Waals surface area contributed by atoms with Gasteiger partial charge in [-0.3, -0.25) is 0 Å². The molecule has 0 unspecified atom stereocenters. The summed E-state index contributed by atoms with van der Waals surface area (Å²) in [6.07, 6.45) is 0. The first-order valence-corrected chi connectivity index (χ1v) is 7.90. The Bertz CT molecular complexity index is 510. The number of thioether (sulfide) groups is 1. The molecule has 0 saturated heterocycles. The van der Waals surface area contributed by atoms with Gasteiger partial charge in [-0.05, 0) is 42.3 Å². The lowest BCUT2D eigenvalue weighted by atomic mass is 10.2. The molecule has 1 nitrogen and oxygen atoms in total. The summed E-state index contributed by atoms with van der Waals surface area (Å²) in [6, 6.07) is 16.5. The molecule has 0 spiro atoms. The van der Waals surface area contributed by atoms with Gasteiger partial charge in [-0.25, -0.2) is 0 Å². The Kier molecular flexibility index (Phi) is 5.62. The summed E-state index contributed by atoms with van der Waals surface area (Å²) in [5, 5.41) is 4.24. The summed E-state index contributed by atoms with van der Waals surface area (Å²) < 4.78 is 0. The van der Waals surface area contributed by atoms with E-state index in [9.17, 15) is 0 Å². The molecular formula is C16H18ClNS. The highest BCUT2D eigenvalue weighted by Crippen LogP contribution is 2.15. The largest absolute Gasteiger partial charge is 0.384 e. The van der Waals surface area contributed by atoms with E-state index >= 15 is 0 Å². The highest BCUT2D eigenvalue weighted by molar-refractivity contribution is 7.98. The lowest BCUT2D eigenvalue weighted by Crippen LogP contribution is -2.04.